The monoisotopic (exact) mass is 391 g/mol. The number of allylic oxidation sites excluding steroid dienone is 2. The molecule has 1 atom stereocenters. The third kappa shape index (κ3) is 3.03. The average molecular weight is 391 g/mol. The van der Waals surface area contributed by atoms with Crippen molar-refractivity contribution in [1.82, 2.24) is 15.0 Å². The van der Waals surface area contributed by atoms with Gasteiger partial charge < -0.3 is 10.3 Å². The number of nitriles is 1. The van der Waals surface area contributed by atoms with Gasteiger partial charge in [-0.2, -0.15) is 5.26 Å². The van der Waals surface area contributed by atoms with Gasteiger partial charge in [0.1, 0.15) is 11.7 Å². The van der Waals surface area contributed by atoms with Crippen LogP contribution in [0.1, 0.15) is 25.3 Å². The van der Waals surface area contributed by atoms with Crippen LogP contribution in [0.15, 0.2) is 73.2 Å². The maximum Gasteiger partial charge on any atom is 0.137 e. The molecule has 0 fully saturated rings. The minimum Gasteiger partial charge on any atom is -0.374 e. The fraction of sp³-hybridized carbons (Fsp3) is 0.160. The highest BCUT2D eigenvalue weighted by molar-refractivity contribution is 5.97. The lowest BCUT2D eigenvalue weighted by Gasteiger charge is -2.33. The van der Waals surface area contributed by atoms with Crippen LogP contribution in [-0.4, -0.2) is 20.5 Å². The van der Waals surface area contributed by atoms with E-state index in [1.54, 1.807) is 6.20 Å². The Hall–Kier alpha value is -3.91. The molecule has 0 bridgehead atoms. The Labute approximate surface area is 174 Å². The molecule has 1 aliphatic rings. The zero-order chi connectivity index (χ0) is 20.6. The first-order valence-corrected chi connectivity index (χ1v) is 10.1. The molecule has 0 saturated heterocycles. The highest BCUT2D eigenvalue weighted by Gasteiger charge is 2.26. The van der Waals surface area contributed by atoms with Crippen molar-refractivity contribution in [2.75, 3.05) is 5.32 Å². The highest BCUT2D eigenvalue weighted by Crippen LogP contribution is 2.35. The molecule has 0 saturated carbocycles. The summed E-state index contributed by atoms with van der Waals surface area (Å²) in [6, 6.07) is 12.6. The quantitative estimate of drug-likeness (QED) is 0.466. The summed E-state index contributed by atoms with van der Waals surface area (Å²) < 4.78 is 0. The van der Waals surface area contributed by atoms with E-state index in [-0.39, 0.29) is 5.54 Å². The largest absolute Gasteiger partial charge is 0.374 e. The number of nitrogens with zero attached hydrogens (tertiary/aromatic N) is 3. The average Bonchev–Trinajstić information content (AvgIpc) is 3.27. The molecule has 1 aromatic carbocycles. The lowest BCUT2D eigenvalue weighted by Crippen LogP contribution is -2.36. The number of nitrogens with one attached hydrogen (secondary N) is 2. The molecule has 0 amide bonds. The number of anilines is 1. The van der Waals surface area contributed by atoms with Gasteiger partial charge in [-0.25, -0.2) is 4.98 Å². The second kappa shape index (κ2) is 7.16. The molecule has 1 aliphatic carbocycles. The van der Waals surface area contributed by atoms with E-state index >= 15 is 0 Å². The molecule has 1 unspecified atom stereocenters. The predicted octanol–water partition coefficient (Wildman–Crippen LogP) is 5.73. The molecular formula is C25H21N5. The zero-order valence-electron chi connectivity index (χ0n) is 16.7. The molecule has 5 heteroatoms. The minimum absolute atomic E-state index is 0.212. The first-order valence-electron chi connectivity index (χ1n) is 10.1. The van der Waals surface area contributed by atoms with Crippen LogP contribution >= 0.6 is 0 Å². The summed E-state index contributed by atoms with van der Waals surface area (Å²) in [7, 11) is 0. The molecule has 0 radical (unpaired) electrons. The van der Waals surface area contributed by atoms with E-state index in [1.807, 2.05) is 24.5 Å². The Balaban J connectivity index is 1.66. The van der Waals surface area contributed by atoms with Gasteiger partial charge in [-0.05, 0) is 42.7 Å². The van der Waals surface area contributed by atoms with Crippen molar-refractivity contribution >= 4 is 27.6 Å². The van der Waals surface area contributed by atoms with E-state index in [4.69, 9.17) is 0 Å². The number of H-pyrrole nitrogens is 1. The van der Waals surface area contributed by atoms with Crippen molar-refractivity contribution in [1.29, 1.82) is 5.26 Å². The van der Waals surface area contributed by atoms with E-state index < -0.39 is 0 Å². The number of hydrogen-bond donors (Lipinski definition) is 2. The van der Waals surface area contributed by atoms with Crippen molar-refractivity contribution in [3.8, 4) is 17.2 Å². The fourth-order valence-electron chi connectivity index (χ4n) is 4.05. The molecule has 4 aromatic rings. The summed E-state index contributed by atoms with van der Waals surface area (Å²) in [5, 5.41) is 15.5. The second-order valence-electron chi connectivity index (χ2n) is 7.66. The summed E-state index contributed by atoms with van der Waals surface area (Å²) in [6.07, 6.45) is 15.7. The lowest BCUT2D eigenvalue weighted by molar-refractivity contribution is 0.558. The molecule has 0 spiro atoms. The zero-order valence-corrected chi connectivity index (χ0v) is 16.7. The van der Waals surface area contributed by atoms with Crippen LogP contribution in [0.25, 0.3) is 33.1 Å². The summed E-state index contributed by atoms with van der Waals surface area (Å²) in [5.74, 6) is 0. The molecule has 0 aliphatic heterocycles. The maximum absolute atomic E-state index is 9.77. The van der Waals surface area contributed by atoms with Crippen molar-refractivity contribution in [2.24, 2.45) is 0 Å². The molecule has 5 rings (SSSR count). The normalized spacial score (nSPS) is 18.0. The van der Waals surface area contributed by atoms with Crippen molar-refractivity contribution in [2.45, 2.75) is 25.3 Å². The van der Waals surface area contributed by atoms with Crippen LogP contribution in [0.4, 0.5) is 5.69 Å². The maximum atomic E-state index is 9.77. The van der Waals surface area contributed by atoms with Gasteiger partial charge in [0, 0.05) is 34.9 Å². The molecule has 5 nitrogen and oxygen atoms in total. The van der Waals surface area contributed by atoms with Gasteiger partial charge in [0.25, 0.3) is 0 Å². The number of fused-ring (bicyclic) bond motifs is 2. The van der Waals surface area contributed by atoms with Crippen LogP contribution < -0.4 is 5.32 Å². The Morgan fingerprint density at radius 3 is 2.87 bits per heavy atom. The number of benzene rings is 1. The lowest BCUT2D eigenvalue weighted by atomic mass is 9.87. The molecule has 3 aromatic heterocycles. The number of aromatic amines is 1. The van der Waals surface area contributed by atoms with Crippen molar-refractivity contribution in [3.63, 3.8) is 0 Å². The van der Waals surface area contributed by atoms with E-state index in [2.05, 4.69) is 75.8 Å². The predicted molar refractivity (Wildman–Crippen MR) is 121 cm³/mol. The standard InChI is InChI=1S/C25H21N5/c1-2-25(9-4-3-5-10-25)30-23-20(14-26)16-28-22-7-6-17(13-21(22)23)19-12-18-8-11-27-24(18)29-15-19/h3-9,11-13,15-16H,2,10H2,1H3,(H,27,29)(H,28,30). The molecular weight excluding hydrogens is 370 g/mol. The third-order valence-electron chi connectivity index (χ3n) is 5.87. The first-order chi connectivity index (χ1) is 14.7. The van der Waals surface area contributed by atoms with Gasteiger partial charge in [-0.15, -0.1) is 0 Å². The Morgan fingerprint density at radius 1 is 1.13 bits per heavy atom. The SMILES string of the molecule is CCC1(Nc2c(C#N)cnc3ccc(-c4cnc5[nH]ccc5c4)cc23)C=CC=CC1. The van der Waals surface area contributed by atoms with Gasteiger partial charge in [-0.1, -0.05) is 37.3 Å². The number of pyridine rings is 2. The van der Waals surface area contributed by atoms with Crippen LogP contribution in [0.5, 0.6) is 0 Å². The van der Waals surface area contributed by atoms with E-state index in [0.717, 1.165) is 51.6 Å². The fourth-order valence-corrected chi connectivity index (χ4v) is 4.05. The highest BCUT2D eigenvalue weighted by atomic mass is 15.0. The van der Waals surface area contributed by atoms with E-state index in [1.165, 1.54) is 0 Å². The Kier molecular flexibility index (Phi) is 4.33. The molecule has 30 heavy (non-hydrogen) atoms. The number of hydrogen-bond acceptors (Lipinski definition) is 4. The van der Waals surface area contributed by atoms with Gasteiger partial charge >= 0.3 is 0 Å². The number of aromatic nitrogens is 3. The Morgan fingerprint density at radius 2 is 2.07 bits per heavy atom. The summed E-state index contributed by atoms with van der Waals surface area (Å²) in [4.78, 5) is 12.2. The van der Waals surface area contributed by atoms with Crippen molar-refractivity contribution < 1.29 is 0 Å². The number of rotatable bonds is 4. The molecule has 3 heterocycles. The van der Waals surface area contributed by atoms with Crippen LogP contribution in [0.2, 0.25) is 0 Å². The van der Waals surface area contributed by atoms with Crippen LogP contribution in [0.3, 0.4) is 0 Å². The van der Waals surface area contributed by atoms with Crippen LogP contribution in [-0.2, 0) is 0 Å². The van der Waals surface area contributed by atoms with E-state index in [0.29, 0.717) is 5.56 Å². The summed E-state index contributed by atoms with van der Waals surface area (Å²) in [5.41, 5.74) is 4.98. The van der Waals surface area contributed by atoms with Gasteiger partial charge in [0.2, 0.25) is 0 Å². The second-order valence-corrected chi connectivity index (χ2v) is 7.66. The van der Waals surface area contributed by atoms with Crippen LogP contribution in [0, 0.1) is 11.3 Å². The summed E-state index contributed by atoms with van der Waals surface area (Å²) in [6.45, 7) is 2.16. The third-order valence-corrected chi connectivity index (χ3v) is 5.87. The van der Waals surface area contributed by atoms with Crippen molar-refractivity contribution in [3.05, 3.63) is 78.8 Å². The topological polar surface area (TPSA) is 77.4 Å². The minimum atomic E-state index is -0.212. The van der Waals surface area contributed by atoms with Gasteiger partial charge in [0.15, 0.2) is 0 Å². The summed E-state index contributed by atoms with van der Waals surface area (Å²) >= 11 is 0. The Bertz CT molecular complexity index is 1360. The van der Waals surface area contributed by atoms with E-state index in [9.17, 15) is 5.26 Å². The van der Waals surface area contributed by atoms with Gasteiger partial charge in [0.05, 0.1) is 22.3 Å². The first kappa shape index (κ1) is 18.1. The van der Waals surface area contributed by atoms with Gasteiger partial charge in [-0.3, -0.25) is 4.98 Å². The smallest absolute Gasteiger partial charge is 0.137 e. The molecule has 2 N–H and O–H groups in total. The molecule has 146 valence electrons.